The topological polar surface area (TPSA) is 21.3 Å². The van der Waals surface area contributed by atoms with Crippen LogP contribution in [0.2, 0.25) is 0 Å². The summed E-state index contributed by atoms with van der Waals surface area (Å²) in [5.41, 5.74) is 3.03. The maximum atomic E-state index is 6.12. The Kier molecular flexibility index (Phi) is 7.77. The number of rotatable bonds is 7. The standard InChI is InChI=1S/C21H27NO.ClH/c1-3-7-19(8-4-1)11-12-21(13-15-22-16-14-21)18-23-17-20-9-5-2-6-10-20;/h1-10,22H,11-18H2;1H. The lowest BCUT2D eigenvalue weighted by atomic mass is 9.75. The third-order valence-electron chi connectivity index (χ3n) is 4.97. The third kappa shape index (κ3) is 5.62. The number of aryl methyl sites for hydroxylation is 1. The average molecular weight is 346 g/mol. The average Bonchev–Trinajstić information content (AvgIpc) is 2.63. The molecule has 1 heterocycles. The maximum absolute atomic E-state index is 6.12. The van der Waals surface area contributed by atoms with Gasteiger partial charge in [0.1, 0.15) is 0 Å². The maximum Gasteiger partial charge on any atom is 0.0717 e. The largest absolute Gasteiger partial charge is 0.376 e. The number of benzene rings is 2. The van der Waals surface area contributed by atoms with Gasteiger partial charge in [0.25, 0.3) is 0 Å². The predicted molar refractivity (Wildman–Crippen MR) is 103 cm³/mol. The Morgan fingerprint density at radius 1 is 0.833 bits per heavy atom. The zero-order valence-electron chi connectivity index (χ0n) is 14.2. The minimum atomic E-state index is 0. The molecular weight excluding hydrogens is 318 g/mol. The summed E-state index contributed by atoms with van der Waals surface area (Å²) in [6.45, 7) is 3.82. The van der Waals surface area contributed by atoms with Crippen LogP contribution in [0.3, 0.4) is 0 Å². The van der Waals surface area contributed by atoms with Gasteiger partial charge < -0.3 is 10.1 Å². The van der Waals surface area contributed by atoms with Gasteiger partial charge in [-0.15, -0.1) is 12.4 Å². The monoisotopic (exact) mass is 345 g/mol. The summed E-state index contributed by atoms with van der Waals surface area (Å²) >= 11 is 0. The number of piperidine rings is 1. The molecule has 0 atom stereocenters. The lowest BCUT2D eigenvalue weighted by Gasteiger charge is -2.37. The van der Waals surface area contributed by atoms with Crippen molar-refractivity contribution in [1.82, 2.24) is 5.32 Å². The molecule has 2 aromatic rings. The minimum Gasteiger partial charge on any atom is -0.376 e. The van der Waals surface area contributed by atoms with Crippen molar-refractivity contribution in [2.75, 3.05) is 19.7 Å². The third-order valence-corrected chi connectivity index (χ3v) is 4.97. The van der Waals surface area contributed by atoms with E-state index in [0.717, 1.165) is 32.7 Å². The normalized spacial score (nSPS) is 16.3. The van der Waals surface area contributed by atoms with Gasteiger partial charge in [0.05, 0.1) is 13.2 Å². The molecule has 0 bridgehead atoms. The molecule has 3 heteroatoms. The van der Waals surface area contributed by atoms with E-state index in [-0.39, 0.29) is 12.4 Å². The van der Waals surface area contributed by atoms with E-state index in [1.54, 1.807) is 0 Å². The fraction of sp³-hybridized carbons (Fsp3) is 0.429. The molecule has 2 nitrogen and oxygen atoms in total. The second-order valence-electron chi connectivity index (χ2n) is 6.71. The van der Waals surface area contributed by atoms with E-state index in [0.29, 0.717) is 5.41 Å². The first-order valence-corrected chi connectivity index (χ1v) is 8.73. The van der Waals surface area contributed by atoms with Crippen LogP contribution in [0.5, 0.6) is 0 Å². The molecule has 3 rings (SSSR count). The van der Waals surface area contributed by atoms with Crippen LogP contribution in [-0.4, -0.2) is 19.7 Å². The van der Waals surface area contributed by atoms with E-state index in [1.165, 1.54) is 30.4 Å². The second-order valence-corrected chi connectivity index (χ2v) is 6.71. The van der Waals surface area contributed by atoms with Gasteiger partial charge in [-0.1, -0.05) is 60.7 Å². The molecule has 0 aliphatic carbocycles. The van der Waals surface area contributed by atoms with E-state index < -0.39 is 0 Å². The molecule has 0 unspecified atom stereocenters. The summed E-state index contributed by atoms with van der Waals surface area (Å²) in [5.74, 6) is 0. The summed E-state index contributed by atoms with van der Waals surface area (Å²) in [5, 5.41) is 3.49. The molecule has 1 fully saturated rings. The summed E-state index contributed by atoms with van der Waals surface area (Å²) in [6.07, 6.45) is 4.80. The van der Waals surface area contributed by atoms with Crippen molar-refractivity contribution in [3.63, 3.8) is 0 Å². The molecule has 130 valence electrons. The molecule has 1 N–H and O–H groups in total. The summed E-state index contributed by atoms with van der Waals surface area (Å²) in [4.78, 5) is 0. The number of halogens is 1. The molecule has 1 aliphatic heterocycles. The van der Waals surface area contributed by atoms with Crippen LogP contribution in [-0.2, 0) is 17.8 Å². The molecule has 0 aromatic heterocycles. The molecule has 0 amide bonds. The van der Waals surface area contributed by atoms with Gasteiger partial charge in [0.15, 0.2) is 0 Å². The van der Waals surface area contributed by atoms with Crippen LogP contribution in [0.15, 0.2) is 60.7 Å². The zero-order valence-corrected chi connectivity index (χ0v) is 15.1. The van der Waals surface area contributed by atoms with Gasteiger partial charge >= 0.3 is 0 Å². The lowest BCUT2D eigenvalue weighted by molar-refractivity contribution is 0.0102. The van der Waals surface area contributed by atoms with Gasteiger partial charge in [-0.3, -0.25) is 0 Å². The van der Waals surface area contributed by atoms with Crippen LogP contribution in [0.25, 0.3) is 0 Å². The number of hydrogen-bond donors (Lipinski definition) is 1. The van der Waals surface area contributed by atoms with E-state index in [9.17, 15) is 0 Å². The Labute approximate surface area is 152 Å². The quantitative estimate of drug-likeness (QED) is 0.790. The molecule has 2 aromatic carbocycles. The molecule has 1 aliphatic rings. The van der Waals surface area contributed by atoms with E-state index in [2.05, 4.69) is 66.0 Å². The molecule has 24 heavy (non-hydrogen) atoms. The predicted octanol–water partition coefficient (Wildman–Crippen LogP) is 4.63. The van der Waals surface area contributed by atoms with Crippen molar-refractivity contribution in [3.05, 3.63) is 71.8 Å². The number of hydrogen-bond acceptors (Lipinski definition) is 2. The molecule has 0 saturated carbocycles. The SMILES string of the molecule is Cl.c1ccc(CCC2(COCc3ccccc3)CCNCC2)cc1. The van der Waals surface area contributed by atoms with Gasteiger partial charge in [-0.2, -0.15) is 0 Å². The molecule has 1 saturated heterocycles. The fourth-order valence-electron chi connectivity index (χ4n) is 3.44. The summed E-state index contributed by atoms with van der Waals surface area (Å²) in [7, 11) is 0. The van der Waals surface area contributed by atoms with Gasteiger partial charge in [-0.25, -0.2) is 0 Å². The first-order chi connectivity index (χ1) is 11.4. The highest BCUT2D eigenvalue weighted by Gasteiger charge is 2.31. The molecular formula is C21H28ClNO. The Hall–Kier alpha value is -1.35. The first kappa shape index (κ1) is 19.0. The van der Waals surface area contributed by atoms with Crippen LogP contribution in [0.1, 0.15) is 30.4 Å². The van der Waals surface area contributed by atoms with Crippen molar-refractivity contribution in [2.24, 2.45) is 5.41 Å². The van der Waals surface area contributed by atoms with E-state index in [4.69, 9.17) is 4.74 Å². The van der Waals surface area contributed by atoms with Crippen LogP contribution < -0.4 is 5.32 Å². The second kappa shape index (κ2) is 9.83. The fourth-order valence-corrected chi connectivity index (χ4v) is 3.44. The van der Waals surface area contributed by atoms with Crippen molar-refractivity contribution in [1.29, 1.82) is 0 Å². The Bertz CT molecular complexity index is 567. The minimum absolute atomic E-state index is 0. The Balaban J connectivity index is 0.00000208. The van der Waals surface area contributed by atoms with Crippen molar-refractivity contribution in [3.8, 4) is 0 Å². The highest BCUT2D eigenvalue weighted by Crippen LogP contribution is 2.34. The van der Waals surface area contributed by atoms with Crippen LogP contribution in [0, 0.1) is 5.41 Å². The van der Waals surface area contributed by atoms with E-state index in [1.807, 2.05) is 0 Å². The highest BCUT2D eigenvalue weighted by atomic mass is 35.5. The van der Waals surface area contributed by atoms with Crippen molar-refractivity contribution >= 4 is 12.4 Å². The lowest BCUT2D eigenvalue weighted by Crippen LogP contribution is -2.40. The van der Waals surface area contributed by atoms with Gasteiger partial charge in [0, 0.05) is 0 Å². The highest BCUT2D eigenvalue weighted by molar-refractivity contribution is 5.85. The number of nitrogens with one attached hydrogen (secondary N) is 1. The smallest absolute Gasteiger partial charge is 0.0717 e. The first-order valence-electron chi connectivity index (χ1n) is 8.73. The van der Waals surface area contributed by atoms with Crippen LogP contribution in [0.4, 0.5) is 0 Å². The summed E-state index contributed by atoms with van der Waals surface area (Å²) < 4.78 is 6.12. The van der Waals surface area contributed by atoms with Crippen molar-refractivity contribution in [2.45, 2.75) is 32.3 Å². The van der Waals surface area contributed by atoms with Crippen molar-refractivity contribution < 1.29 is 4.74 Å². The Morgan fingerprint density at radius 3 is 2.04 bits per heavy atom. The zero-order chi connectivity index (χ0) is 15.8. The van der Waals surface area contributed by atoms with Gasteiger partial charge in [0.2, 0.25) is 0 Å². The Morgan fingerprint density at radius 2 is 1.42 bits per heavy atom. The van der Waals surface area contributed by atoms with E-state index >= 15 is 0 Å². The van der Waals surface area contributed by atoms with Gasteiger partial charge in [-0.05, 0) is 55.3 Å². The summed E-state index contributed by atoms with van der Waals surface area (Å²) in [6, 6.07) is 21.3. The molecule has 0 spiro atoms. The molecule has 0 radical (unpaired) electrons. The number of ether oxygens (including phenoxy) is 1. The van der Waals surface area contributed by atoms with Crippen LogP contribution >= 0.6 is 12.4 Å².